The fourth-order valence-electron chi connectivity index (χ4n) is 2.20. The maximum absolute atomic E-state index is 5.85. The number of nitrogens with zero attached hydrogens (tertiary/aromatic N) is 1. The number of hydrogen-bond acceptors (Lipinski definition) is 4. The molecule has 0 spiro atoms. The number of halogens is 1. The maximum Gasteiger partial charge on any atom is 0.175 e. The van der Waals surface area contributed by atoms with Gasteiger partial charge in [-0.25, -0.2) is 0 Å². The van der Waals surface area contributed by atoms with Crippen molar-refractivity contribution in [2.24, 2.45) is 0 Å². The van der Waals surface area contributed by atoms with E-state index < -0.39 is 0 Å². The normalized spacial score (nSPS) is 10.7. The summed E-state index contributed by atoms with van der Waals surface area (Å²) in [6.45, 7) is 2.15. The van der Waals surface area contributed by atoms with E-state index in [1.807, 2.05) is 42.0 Å². The van der Waals surface area contributed by atoms with Crippen molar-refractivity contribution in [1.29, 1.82) is 0 Å². The van der Waals surface area contributed by atoms with Gasteiger partial charge in [-0.05, 0) is 17.2 Å². The second-order valence-electron chi connectivity index (χ2n) is 5.06. The van der Waals surface area contributed by atoms with E-state index in [-0.39, 0.29) is 0 Å². The minimum absolute atomic E-state index is 0.614. The molecular formula is C18H17ClN2OS. The Bertz CT molecular complexity index is 746. The summed E-state index contributed by atoms with van der Waals surface area (Å²) >= 11 is 7.37. The highest BCUT2D eigenvalue weighted by Gasteiger charge is 2.01. The molecule has 0 saturated heterocycles. The SMILES string of the molecule is Clc1csc(OCCNCc2cncc(-c3ccccc3)c2)c1. The summed E-state index contributed by atoms with van der Waals surface area (Å²) in [5.74, 6) is 0. The molecule has 0 saturated carbocycles. The fourth-order valence-corrected chi connectivity index (χ4v) is 3.14. The van der Waals surface area contributed by atoms with Gasteiger partial charge in [0.2, 0.25) is 0 Å². The molecule has 0 amide bonds. The third-order valence-electron chi connectivity index (χ3n) is 3.30. The van der Waals surface area contributed by atoms with Crippen LogP contribution in [0.4, 0.5) is 0 Å². The van der Waals surface area contributed by atoms with Crippen LogP contribution in [0.5, 0.6) is 5.06 Å². The molecule has 3 aromatic rings. The Morgan fingerprint density at radius 1 is 1.09 bits per heavy atom. The summed E-state index contributed by atoms with van der Waals surface area (Å²) in [6, 6.07) is 14.3. The summed E-state index contributed by atoms with van der Waals surface area (Å²) in [4.78, 5) is 4.33. The lowest BCUT2D eigenvalue weighted by atomic mass is 10.1. The molecular weight excluding hydrogens is 328 g/mol. The summed E-state index contributed by atoms with van der Waals surface area (Å²) in [5, 5.41) is 6.81. The maximum atomic E-state index is 5.85. The van der Waals surface area contributed by atoms with E-state index in [0.29, 0.717) is 6.61 Å². The van der Waals surface area contributed by atoms with Gasteiger partial charge in [0.15, 0.2) is 5.06 Å². The zero-order chi connectivity index (χ0) is 15.9. The van der Waals surface area contributed by atoms with Crippen LogP contribution in [0, 0.1) is 0 Å². The van der Waals surface area contributed by atoms with E-state index in [0.717, 1.165) is 34.3 Å². The van der Waals surface area contributed by atoms with Gasteiger partial charge in [0, 0.05) is 42.5 Å². The van der Waals surface area contributed by atoms with Crippen molar-refractivity contribution in [2.75, 3.05) is 13.2 Å². The van der Waals surface area contributed by atoms with Gasteiger partial charge in [0.25, 0.3) is 0 Å². The predicted octanol–water partition coefficient (Wildman–Crippen LogP) is 4.63. The molecule has 23 heavy (non-hydrogen) atoms. The average Bonchev–Trinajstić information content (AvgIpc) is 3.01. The Labute approximate surface area is 144 Å². The summed E-state index contributed by atoms with van der Waals surface area (Å²) in [6.07, 6.45) is 3.78. The van der Waals surface area contributed by atoms with E-state index >= 15 is 0 Å². The molecule has 5 heteroatoms. The van der Waals surface area contributed by atoms with Gasteiger partial charge in [-0.2, -0.15) is 0 Å². The summed E-state index contributed by atoms with van der Waals surface area (Å²) < 4.78 is 5.61. The molecule has 0 aliphatic rings. The van der Waals surface area contributed by atoms with Crippen molar-refractivity contribution < 1.29 is 4.74 Å². The first-order chi connectivity index (χ1) is 11.3. The van der Waals surface area contributed by atoms with Crippen LogP contribution in [0.15, 0.2) is 60.2 Å². The van der Waals surface area contributed by atoms with Gasteiger partial charge in [-0.1, -0.05) is 41.9 Å². The Hall–Kier alpha value is -1.88. The quantitative estimate of drug-likeness (QED) is 0.634. The largest absolute Gasteiger partial charge is 0.483 e. The molecule has 2 aromatic heterocycles. The van der Waals surface area contributed by atoms with E-state index in [9.17, 15) is 0 Å². The minimum atomic E-state index is 0.614. The first kappa shape index (κ1) is 16.0. The van der Waals surface area contributed by atoms with Crippen LogP contribution in [-0.4, -0.2) is 18.1 Å². The smallest absolute Gasteiger partial charge is 0.175 e. The van der Waals surface area contributed by atoms with Crippen molar-refractivity contribution in [2.45, 2.75) is 6.54 Å². The van der Waals surface area contributed by atoms with Crippen molar-refractivity contribution in [1.82, 2.24) is 10.3 Å². The number of aromatic nitrogens is 1. The number of hydrogen-bond donors (Lipinski definition) is 1. The molecule has 118 valence electrons. The number of thiophene rings is 1. The van der Waals surface area contributed by atoms with Crippen molar-refractivity contribution in [3.8, 4) is 16.2 Å². The monoisotopic (exact) mass is 344 g/mol. The van der Waals surface area contributed by atoms with Gasteiger partial charge in [0.1, 0.15) is 6.61 Å². The molecule has 0 atom stereocenters. The first-order valence-electron chi connectivity index (χ1n) is 7.38. The third-order valence-corrected chi connectivity index (χ3v) is 4.49. The molecule has 0 aliphatic heterocycles. The third kappa shape index (κ3) is 4.79. The number of nitrogens with one attached hydrogen (secondary N) is 1. The lowest BCUT2D eigenvalue weighted by molar-refractivity contribution is 0.322. The van der Waals surface area contributed by atoms with E-state index in [2.05, 4.69) is 28.5 Å². The molecule has 0 bridgehead atoms. The molecule has 3 rings (SSSR count). The first-order valence-corrected chi connectivity index (χ1v) is 8.64. The van der Waals surface area contributed by atoms with Gasteiger partial charge in [-0.15, -0.1) is 11.3 Å². The Morgan fingerprint density at radius 2 is 1.96 bits per heavy atom. The second kappa shape index (κ2) is 8.11. The Balaban J connectivity index is 1.47. The van der Waals surface area contributed by atoms with Gasteiger partial charge >= 0.3 is 0 Å². The van der Waals surface area contributed by atoms with Crippen LogP contribution in [0.25, 0.3) is 11.1 Å². The Morgan fingerprint density at radius 3 is 2.74 bits per heavy atom. The topological polar surface area (TPSA) is 34.1 Å². The van der Waals surface area contributed by atoms with Crippen LogP contribution in [0.2, 0.25) is 5.02 Å². The minimum Gasteiger partial charge on any atom is -0.483 e. The predicted molar refractivity (Wildman–Crippen MR) is 96.2 cm³/mol. The van der Waals surface area contributed by atoms with Crippen LogP contribution in [0.1, 0.15) is 5.56 Å². The van der Waals surface area contributed by atoms with E-state index in [4.69, 9.17) is 16.3 Å². The van der Waals surface area contributed by atoms with Gasteiger partial charge in [0.05, 0.1) is 5.02 Å². The highest BCUT2D eigenvalue weighted by molar-refractivity contribution is 7.12. The van der Waals surface area contributed by atoms with Crippen molar-refractivity contribution in [3.05, 3.63) is 70.8 Å². The highest BCUT2D eigenvalue weighted by Crippen LogP contribution is 2.26. The number of benzene rings is 1. The number of pyridine rings is 1. The standard InChI is InChI=1S/C18H17ClN2OS/c19-17-9-18(23-13-17)22-7-6-20-10-14-8-16(12-21-11-14)15-4-2-1-3-5-15/h1-5,8-9,11-13,20H,6-7,10H2. The van der Waals surface area contributed by atoms with Crippen LogP contribution < -0.4 is 10.1 Å². The van der Waals surface area contributed by atoms with Crippen molar-refractivity contribution in [3.63, 3.8) is 0 Å². The molecule has 1 N–H and O–H groups in total. The molecule has 1 aromatic carbocycles. The molecule has 2 heterocycles. The Kier molecular flexibility index (Phi) is 5.64. The van der Waals surface area contributed by atoms with E-state index in [1.165, 1.54) is 16.9 Å². The zero-order valence-corrected chi connectivity index (χ0v) is 14.1. The fraction of sp³-hybridized carbons (Fsp3) is 0.167. The van der Waals surface area contributed by atoms with Crippen LogP contribution >= 0.6 is 22.9 Å². The van der Waals surface area contributed by atoms with Crippen LogP contribution in [0.3, 0.4) is 0 Å². The van der Waals surface area contributed by atoms with Crippen LogP contribution in [-0.2, 0) is 6.54 Å². The summed E-state index contributed by atoms with van der Waals surface area (Å²) in [7, 11) is 0. The van der Waals surface area contributed by atoms with E-state index in [1.54, 1.807) is 0 Å². The number of ether oxygens (including phenoxy) is 1. The molecule has 3 nitrogen and oxygen atoms in total. The number of rotatable bonds is 7. The highest BCUT2D eigenvalue weighted by atomic mass is 35.5. The second-order valence-corrected chi connectivity index (χ2v) is 6.37. The molecule has 0 aliphatic carbocycles. The van der Waals surface area contributed by atoms with Crippen molar-refractivity contribution >= 4 is 22.9 Å². The van der Waals surface area contributed by atoms with Gasteiger partial charge in [-0.3, -0.25) is 4.98 Å². The molecule has 0 radical (unpaired) electrons. The zero-order valence-electron chi connectivity index (χ0n) is 12.5. The lowest BCUT2D eigenvalue weighted by Gasteiger charge is -2.07. The molecule has 0 unspecified atom stereocenters. The summed E-state index contributed by atoms with van der Waals surface area (Å²) in [5.41, 5.74) is 3.47. The average molecular weight is 345 g/mol. The molecule has 0 fully saturated rings. The lowest BCUT2D eigenvalue weighted by Crippen LogP contribution is -2.20. The van der Waals surface area contributed by atoms with Gasteiger partial charge < -0.3 is 10.1 Å².